The Morgan fingerprint density at radius 3 is 2.08 bits per heavy atom. The molecule has 0 radical (unpaired) electrons. The average Bonchev–Trinajstić information content (AvgIpc) is 3.44. The first-order chi connectivity index (χ1) is 12.1. The molecule has 2 aliphatic rings. The van der Waals surface area contributed by atoms with Crippen LogP contribution < -0.4 is 4.90 Å². The van der Waals surface area contributed by atoms with Crippen LogP contribution in [0.15, 0.2) is 48.5 Å². The molecule has 1 aliphatic carbocycles. The molecule has 0 spiro atoms. The van der Waals surface area contributed by atoms with Crippen molar-refractivity contribution >= 4 is 11.6 Å². The molecule has 1 saturated carbocycles. The molecule has 1 heterocycles. The third kappa shape index (κ3) is 3.01. The molecule has 0 unspecified atom stereocenters. The highest BCUT2D eigenvalue weighted by Gasteiger charge is 2.53. The van der Waals surface area contributed by atoms with Gasteiger partial charge in [0.25, 0.3) is 0 Å². The number of carbonyl (C=O) groups is 1. The maximum atomic E-state index is 13.1. The molecule has 1 aliphatic heterocycles. The number of hydrogen-bond donors (Lipinski definition) is 0. The number of benzene rings is 2. The van der Waals surface area contributed by atoms with Gasteiger partial charge in [-0.15, -0.1) is 0 Å². The van der Waals surface area contributed by atoms with E-state index < -0.39 is 0 Å². The molecule has 2 aromatic carbocycles. The molecule has 0 N–H and O–H groups in total. The predicted octanol–water partition coefficient (Wildman–Crippen LogP) is 3.51. The Labute approximate surface area is 148 Å². The number of rotatable bonds is 3. The summed E-state index contributed by atoms with van der Waals surface area (Å²) in [7, 11) is 0. The van der Waals surface area contributed by atoms with Gasteiger partial charge in [-0.2, -0.15) is 0 Å². The lowest BCUT2D eigenvalue weighted by atomic mass is 9.93. The zero-order valence-electron chi connectivity index (χ0n) is 14.5. The molecule has 130 valence electrons. The quantitative estimate of drug-likeness (QED) is 0.855. The lowest BCUT2D eigenvalue weighted by Gasteiger charge is -2.38. The molecular formula is C21H23FN2O. The summed E-state index contributed by atoms with van der Waals surface area (Å²) >= 11 is 0. The van der Waals surface area contributed by atoms with Crippen molar-refractivity contribution in [2.75, 3.05) is 31.1 Å². The van der Waals surface area contributed by atoms with Crippen molar-refractivity contribution in [3.8, 4) is 0 Å². The molecule has 0 bridgehead atoms. The predicted molar refractivity (Wildman–Crippen MR) is 97.3 cm³/mol. The maximum absolute atomic E-state index is 13.1. The molecule has 1 amide bonds. The van der Waals surface area contributed by atoms with Crippen LogP contribution in [0, 0.1) is 12.7 Å². The monoisotopic (exact) mass is 338 g/mol. The Balaban J connectivity index is 1.43. The summed E-state index contributed by atoms with van der Waals surface area (Å²) in [5.74, 6) is 0.0569. The smallest absolute Gasteiger partial charge is 0.233 e. The highest BCUT2D eigenvalue weighted by Crippen LogP contribution is 2.49. The molecule has 3 nitrogen and oxygen atoms in total. The van der Waals surface area contributed by atoms with Crippen molar-refractivity contribution < 1.29 is 9.18 Å². The Morgan fingerprint density at radius 2 is 1.52 bits per heavy atom. The summed E-state index contributed by atoms with van der Waals surface area (Å²) in [6.45, 7) is 5.11. The number of nitrogens with zero attached hydrogens (tertiary/aromatic N) is 2. The second-order valence-corrected chi connectivity index (χ2v) is 7.20. The zero-order chi connectivity index (χ0) is 17.4. The summed E-state index contributed by atoms with van der Waals surface area (Å²) in [6.07, 6.45) is 1.90. The summed E-state index contributed by atoms with van der Waals surface area (Å²) in [5.41, 5.74) is 3.11. The minimum Gasteiger partial charge on any atom is -0.368 e. The summed E-state index contributed by atoms with van der Waals surface area (Å²) in [4.78, 5) is 17.3. The third-order valence-corrected chi connectivity index (χ3v) is 5.52. The van der Waals surface area contributed by atoms with E-state index in [-0.39, 0.29) is 17.1 Å². The van der Waals surface area contributed by atoms with Gasteiger partial charge in [0.05, 0.1) is 5.41 Å². The van der Waals surface area contributed by atoms with E-state index in [0.29, 0.717) is 0 Å². The fourth-order valence-corrected chi connectivity index (χ4v) is 3.75. The van der Waals surface area contributed by atoms with Gasteiger partial charge >= 0.3 is 0 Å². The van der Waals surface area contributed by atoms with Crippen LogP contribution in [0.2, 0.25) is 0 Å². The van der Waals surface area contributed by atoms with Gasteiger partial charge in [-0.1, -0.05) is 29.8 Å². The van der Waals surface area contributed by atoms with E-state index in [4.69, 9.17) is 0 Å². The molecule has 0 atom stereocenters. The first-order valence-corrected chi connectivity index (χ1v) is 8.96. The SMILES string of the molecule is Cc1ccc(C2(C(=O)N3CCN(c4ccc(F)cc4)CC3)CC2)cc1. The minimum atomic E-state index is -0.286. The van der Waals surface area contributed by atoms with Crippen LogP contribution in [0.1, 0.15) is 24.0 Å². The lowest BCUT2D eigenvalue weighted by Crippen LogP contribution is -2.51. The minimum absolute atomic E-state index is 0.216. The number of hydrogen-bond acceptors (Lipinski definition) is 2. The van der Waals surface area contributed by atoms with E-state index in [0.717, 1.165) is 50.3 Å². The van der Waals surface area contributed by atoms with Crippen LogP contribution in [0.25, 0.3) is 0 Å². The second kappa shape index (κ2) is 6.17. The van der Waals surface area contributed by atoms with E-state index in [2.05, 4.69) is 36.1 Å². The normalized spacial score (nSPS) is 19.0. The van der Waals surface area contributed by atoms with Gasteiger partial charge in [-0.3, -0.25) is 4.79 Å². The van der Waals surface area contributed by atoms with E-state index in [9.17, 15) is 9.18 Å². The molecule has 2 fully saturated rings. The molecular weight excluding hydrogens is 315 g/mol. The maximum Gasteiger partial charge on any atom is 0.233 e. The van der Waals surface area contributed by atoms with Crippen molar-refractivity contribution in [3.05, 3.63) is 65.5 Å². The van der Waals surface area contributed by atoms with Crippen LogP contribution in [-0.2, 0) is 10.2 Å². The number of aryl methyl sites for hydroxylation is 1. The van der Waals surface area contributed by atoms with Gasteiger partial charge < -0.3 is 9.80 Å². The van der Waals surface area contributed by atoms with E-state index in [1.54, 1.807) is 0 Å². The second-order valence-electron chi connectivity index (χ2n) is 7.20. The largest absolute Gasteiger partial charge is 0.368 e. The van der Waals surface area contributed by atoms with Crippen LogP contribution in [-0.4, -0.2) is 37.0 Å². The van der Waals surface area contributed by atoms with E-state index in [1.165, 1.54) is 17.7 Å². The first-order valence-electron chi connectivity index (χ1n) is 8.96. The average molecular weight is 338 g/mol. The molecule has 25 heavy (non-hydrogen) atoms. The standard InChI is InChI=1S/C21H23FN2O/c1-16-2-4-17(5-3-16)21(10-11-21)20(25)24-14-12-23(13-15-24)19-8-6-18(22)7-9-19/h2-9H,10-15H2,1H3. The Bertz CT molecular complexity index is 757. The molecule has 4 rings (SSSR count). The highest BCUT2D eigenvalue weighted by atomic mass is 19.1. The van der Waals surface area contributed by atoms with Crippen molar-refractivity contribution in [1.82, 2.24) is 4.90 Å². The fourth-order valence-electron chi connectivity index (χ4n) is 3.75. The summed E-state index contributed by atoms with van der Waals surface area (Å²) in [5, 5.41) is 0. The van der Waals surface area contributed by atoms with Gasteiger partial charge in [0.2, 0.25) is 5.91 Å². The summed E-state index contributed by atoms with van der Waals surface area (Å²) < 4.78 is 13.1. The third-order valence-electron chi connectivity index (χ3n) is 5.52. The van der Waals surface area contributed by atoms with Crippen molar-refractivity contribution in [1.29, 1.82) is 0 Å². The summed E-state index contributed by atoms with van der Waals surface area (Å²) in [6, 6.07) is 15.0. The van der Waals surface area contributed by atoms with Crippen molar-refractivity contribution in [2.45, 2.75) is 25.2 Å². The number of halogens is 1. The Hall–Kier alpha value is -2.36. The molecule has 4 heteroatoms. The Morgan fingerprint density at radius 1 is 0.920 bits per heavy atom. The van der Waals surface area contributed by atoms with Gasteiger partial charge in [0.15, 0.2) is 0 Å². The fraction of sp³-hybridized carbons (Fsp3) is 0.381. The zero-order valence-corrected chi connectivity index (χ0v) is 14.5. The van der Waals surface area contributed by atoms with Gasteiger partial charge in [0.1, 0.15) is 5.82 Å². The molecule has 0 aromatic heterocycles. The number of amides is 1. The van der Waals surface area contributed by atoms with Crippen LogP contribution in [0.4, 0.5) is 10.1 Å². The van der Waals surface area contributed by atoms with Crippen LogP contribution in [0.5, 0.6) is 0 Å². The highest BCUT2D eigenvalue weighted by molar-refractivity contribution is 5.91. The van der Waals surface area contributed by atoms with E-state index in [1.807, 2.05) is 17.0 Å². The van der Waals surface area contributed by atoms with Gasteiger partial charge in [-0.25, -0.2) is 4.39 Å². The molecule has 2 aromatic rings. The first kappa shape index (κ1) is 16.1. The van der Waals surface area contributed by atoms with Crippen molar-refractivity contribution in [2.24, 2.45) is 0 Å². The van der Waals surface area contributed by atoms with Crippen LogP contribution >= 0.6 is 0 Å². The van der Waals surface area contributed by atoms with E-state index >= 15 is 0 Å². The van der Waals surface area contributed by atoms with Gasteiger partial charge in [-0.05, 0) is 49.6 Å². The number of anilines is 1. The lowest BCUT2D eigenvalue weighted by molar-refractivity contribution is -0.134. The van der Waals surface area contributed by atoms with Crippen molar-refractivity contribution in [3.63, 3.8) is 0 Å². The molecule has 1 saturated heterocycles. The number of piperazine rings is 1. The number of carbonyl (C=O) groups excluding carboxylic acids is 1. The topological polar surface area (TPSA) is 23.6 Å². The van der Waals surface area contributed by atoms with Crippen LogP contribution in [0.3, 0.4) is 0 Å². The Kier molecular flexibility index (Phi) is 3.98. The van der Waals surface area contributed by atoms with Gasteiger partial charge in [0, 0.05) is 31.9 Å².